The predicted molar refractivity (Wildman–Crippen MR) is 127 cm³/mol. The number of ether oxygens (including phenoxy) is 1. The molecule has 0 spiro atoms. The number of aryl methyl sites for hydroxylation is 2. The van der Waals surface area contributed by atoms with Crippen molar-refractivity contribution in [3.63, 3.8) is 0 Å². The number of benzene rings is 1. The van der Waals surface area contributed by atoms with Gasteiger partial charge in [0.15, 0.2) is 0 Å². The largest absolute Gasteiger partial charge is 0.459 e. The van der Waals surface area contributed by atoms with Crippen LogP contribution in [0.5, 0.6) is 0 Å². The van der Waals surface area contributed by atoms with Gasteiger partial charge in [-0.25, -0.2) is 4.79 Å². The number of amides is 2. The molecule has 0 unspecified atom stereocenters. The molecule has 1 aliphatic heterocycles. The molecule has 2 N–H and O–H groups in total. The molecule has 0 aliphatic carbocycles. The maximum atomic E-state index is 13.2. The van der Waals surface area contributed by atoms with Crippen LogP contribution in [0.4, 0.5) is 0 Å². The lowest BCUT2D eigenvalue weighted by atomic mass is 9.96. The molecule has 33 heavy (non-hydrogen) atoms. The van der Waals surface area contributed by atoms with E-state index in [2.05, 4.69) is 29.4 Å². The third-order valence-corrected chi connectivity index (χ3v) is 6.18. The van der Waals surface area contributed by atoms with Gasteiger partial charge in [-0.1, -0.05) is 31.2 Å². The number of piperidine rings is 1. The van der Waals surface area contributed by atoms with Crippen molar-refractivity contribution < 1.29 is 19.1 Å². The van der Waals surface area contributed by atoms with Gasteiger partial charge in [0, 0.05) is 25.3 Å². The van der Waals surface area contributed by atoms with Crippen molar-refractivity contribution in [3.05, 3.63) is 57.9 Å². The van der Waals surface area contributed by atoms with Gasteiger partial charge in [-0.2, -0.15) is 0 Å². The Morgan fingerprint density at radius 2 is 1.82 bits per heavy atom. The molecule has 1 saturated heterocycles. The molecule has 178 valence electrons. The van der Waals surface area contributed by atoms with Crippen molar-refractivity contribution in [2.24, 2.45) is 5.92 Å². The summed E-state index contributed by atoms with van der Waals surface area (Å²) in [5.41, 5.74) is 4.32. The smallest absolute Gasteiger partial charge is 0.340 e. The Hall–Kier alpha value is -3.09. The Kier molecular flexibility index (Phi) is 7.95. The van der Waals surface area contributed by atoms with Crippen molar-refractivity contribution in [3.8, 4) is 0 Å². The van der Waals surface area contributed by atoms with Crippen molar-refractivity contribution in [1.29, 1.82) is 0 Å². The SMILES string of the molecule is CCc1ccc(CNC(=O)[C@@H]2CCCN(C(=O)c3[nH]c(C)c(C(=O)OC(C)C)c3C)C2)cc1. The number of rotatable bonds is 7. The summed E-state index contributed by atoms with van der Waals surface area (Å²) < 4.78 is 5.32. The highest BCUT2D eigenvalue weighted by atomic mass is 16.5. The van der Waals surface area contributed by atoms with E-state index in [-0.39, 0.29) is 23.8 Å². The lowest BCUT2D eigenvalue weighted by Crippen LogP contribution is -2.45. The zero-order valence-electron chi connectivity index (χ0n) is 20.3. The Morgan fingerprint density at radius 3 is 2.45 bits per heavy atom. The number of hydrogen-bond acceptors (Lipinski definition) is 4. The number of H-pyrrole nitrogens is 1. The summed E-state index contributed by atoms with van der Waals surface area (Å²) in [5.74, 6) is -0.906. The average Bonchev–Trinajstić information content (AvgIpc) is 3.10. The maximum Gasteiger partial charge on any atom is 0.340 e. The minimum absolute atomic E-state index is 0.0346. The highest BCUT2D eigenvalue weighted by Gasteiger charge is 2.32. The summed E-state index contributed by atoms with van der Waals surface area (Å²) in [7, 11) is 0. The molecule has 1 aliphatic rings. The first-order valence-electron chi connectivity index (χ1n) is 11.8. The molecule has 0 bridgehead atoms. The fraction of sp³-hybridized carbons (Fsp3) is 0.500. The van der Waals surface area contributed by atoms with Gasteiger partial charge in [-0.05, 0) is 63.6 Å². The van der Waals surface area contributed by atoms with E-state index >= 15 is 0 Å². The topological polar surface area (TPSA) is 91.5 Å². The second kappa shape index (κ2) is 10.7. The zero-order valence-corrected chi connectivity index (χ0v) is 20.3. The highest BCUT2D eigenvalue weighted by molar-refractivity contribution is 6.00. The van der Waals surface area contributed by atoms with Gasteiger partial charge in [0.1, 0.15) is 5.69 Å². The lowest BCUT2D eigenvalue weighted by molar-refractivity contribution is -0.126. The van der Waals surface area contributed by atoms with Crippen LogP contribution in [0.2, 0.25) is 0 Å². The first-order chi connectivity index (χ1) is 15.7. The Labute approximate surface area is 195 Å². The molecule has 1 aromatic heterocycles. The summed E-state index contributed by atoms with van der Waals surface area (Å²) in [6, 6.07) is 8.23. The molecule has 1 fully saturated rings. The molecule has 2 heterocycles. The quantitative estimate of drug-likeness (QED) is 0.622. The zero-order chi connectivity index (χ0) is 24.1. The second-order valence-corrected chi connectivity index (χ2v) is 9.06. The van der Waals surface area contributed by atoms with Crippen molar-refractivity contribution >= 4 is 17.8 Å². The van der Waals surface area contributed by atoms with Crippen molar-refractivity contribution in [1.82, 2.24) is 15.2 Å². The van der Waals surface area contributed by atoms with Crippen LogP contribution in [0.25, 0.3) is 0 Å². The molecular weight excluding hydrogens is 418 g/mol. The van der Waals surface area contributed by atoms with Gasteiger partial charge in [0.2, 0.25) is 5.91 Å². The number of carbonyl (C=O) groups is 3. The summed E-state index contributed by atoms with van der Waals surface area (Å²) in [6.45, 7) is 10.6. The number of nitrogens with one attached hydrogen (secondary N) is 2. The van der Waals surface area contributed by atoms with Gasteiger partial charge >= 0.3 is 5.97 Å². The van der Waals surface area contributed by atoms with Gasteiger partial charge in [-0.3, -0.25) is 9.59 Å². The standard InChI is InChI=1S/C26H35N3O4/c1-6-19-9-11-20(12-10-19)14-27-24(30)21-8-7-13-29(15-21)25(31)23-17(4)22(18(5)28-23)26(32)33-16(2)3/h9-12,16,21,28H,6-8,13-15H2,1-5H3,(H,27,30)/t21-/m1/s1. The van der Waals surface area contributed by atoms with Crippen LogP contribution in [0, 0.1) is 19.8 Å². The monoisotopic (exact) mass is 453 g/mol. The first kappa shape index (κ1) is 24.6. The van der Waals surface area contributed by atoms with E-state index in [0.717, 1.165) is 24.8 Å². The Balaban J connectivity index is 1.64. The van der Waals surface area contributed by atoms with Crippen LogP contribution in [0.15, 0.2) is 24.3 Å². The highest BCUT2D eigenvalue weighted by Crippen LogP contribution is 2.24. The minimum Gasteiger partial charge on any atom is -0.459 e. The molecule has 3 rings (SSSR count). The average molecular weight is 454 g/mol. The van der Waals surface area contributed by atoms with Gasteiger partial charge in [-0.15, -0.1) is 0 Å². The van der Waals surface area contributed by atoms with E-state index < -0.39 is 5.97 Å². The molecule has 7 nitrogen and oxygen atoms in total. The summed E-state index contributed by atoms with van der Waals surface area (Å²) >= 11 is 0. The van der Waals surface area contributed by atoms with Crippen LogP contribution < -0.4 is 5.32 Å². The molecule has 1 aromatic carbocycles. The van der Waals surface area contributed by atoms with Crippen LogP contribution in [-0.4, -0.2) is 46.9 Å². The lowest BCUT2D eigenvalue weighted by Gasteiger charge is -2.32. The fourth-order valence-electron chi connectivity index (χ4n) is 4.30. The van der Waals surface area contributed by atoms with Crippen molar-refractivity contribution in [2.45, 2.75) is 66.5 Å². The normalized spacial score (nSPS) is 16.1. The van der Waals surface area contributed by atoms with Gasteiger partial charge in [0.05, 0.1) is 17.6 Å². The molecular formula is C26H35N3O4. The van der Waals surface area contributed by atoms with E-state index in [1.54, 1.807) is 32.6 Å². The Bertz CT molecular complexity index is 1010. The third-order valence-electron chi connectivity index (χ3n) is 6.18. The number of likely N-dealkylation sites (tertiary alicyclic amines) is 1. The minimum atomic E-state index is -0.432. The van der Waals surface area contributed by atoms with E-state index in [4.69, 9.17) is 4.74 Å². The van der Waals surface area contributed by atoms with Crippen LogP contribution in [0.1, 0.15) is 76.8 Å². The molecule has 1 atom stereocenters. The number of hydrogen-bond donors (Lipinski definition) is 2. The number of carbonyl (C=O) groups excluding carboxylic acids is 3. The van der Waals surface area contributed by atoms with Crippen LogP contribution >= 0.6 is 0 Å². The molecule has 2 amide bonds. The van der Waals surface area contributed by atoms with E-state index in [1.165, 1.54) is 5.56 Å². The predicted octanol–water partition coefficient (Wildman–Crippen LogP) is 3.93. The Morgan fingerprint density at radius 1 is 1.15 bits per heavy atom. The van der Waals surface area contributed by atoms with E-state index in [1.807, 2.05) is 12.1 Å². The van der Waals surface area contributed by atoms with Gasteiger partial charge in [0.25, 0.3) is 5.91 Å². The fourth-order valence-corrected chi connectivity index (χ4v) is 4.30. The molecule has 0 radical (unpaired) electrons. The number of nitrogens with zero attached hydrogens (tertiary/aromatic N) is 1. The molecule has 2 aromatic rings. The number of esters is 1. The molecule has 7 heteroatoms. The summed E-state index contributed by atoms with van der Waals surface area (Å²) in [4.78, 5) is 43.3. The van der Waals surface area contributed by atoms with Gasteiger partial charge < -0.3 is 19.9 Å². The van der Waals surface area contributed by atoms with E-state index in [0.29, 0.717) is 42.1 Å². The third kappa shape index (κ3) is 5.83. The van der Waals surface area contributed by atoms with Crippen LogP contribution in [-0.2, 0) is 22.5 Å². The summed E-state index contributed by atoms with van der Waals surface area (Å²) in [5, 5.41) is 3.02. The molecule has 0 saturated carbocycles. The number of aromatic nitrogens is 1. The second-order valence-electron chi connectivity index (χ2n) is 9.06. The van der Waals surface area contributed by atoms with E-state index in [9.17, 15) is 14.4 Å². The van der Waals surface area contributed by atoms with Crippen LogP contribution in [0.3, 0.4) is 0 Å². The summed E-state index contributed by atoms with van der Waals surface area (Å²) in [6.07, 6.45) is 2.25. The number of aromatic amines is 1. The maximum absolute atomic E-state index is 13.2. The van der Waals surface area contributed by atoms with Crippen molar-refractivity contribution in [2.75, 3.05) is 13.1 Å². The first-order valence-corrected chi connectivity index (χ1v) is 11.8.